The molecule has 0 nitrogen and oxygen atoms in total. The second kappa shape index (κ2) is 2.99. The molecular formula is C7H9BrF2. The van der Waals surface area contributed by atoms with Crippen LogP contribution < -0.4 is 0 Å². The molecule has 58 valence electrons. The van der Waals surface area contributed by atoms with Crippen molar-refractivity contribution >= 4 is 15.9 Å². The third kappa shape index (κ3) is 2.37. The summed E-state index contributed by atoms with van der Waals surface area (Å²) in [5.74, 6) is -2.46. The summed E-state index contributed by atoms with van der Waals surface area (Å²) in [5.41, 5.74) is 0. The fraction of sp³-hybridized carbons (Fsp3) is 0.714. The molecule has 0 aromatic carbocycles. The Morgan fingerprint density at radius 1 is 1.50 bits per heavy atom. The van der Waals surface area contributed by atoms with Crippen molar-refractivity contribution in [2.75, 3.05) is 0 Å². The average Bonchev–Trinajstić information content (AvgIpc) is 1.94. The van der Waals surface area contributed by atoms with Gasteiger partial charge in [0.2, 0.25) is 0 Å². The van der Waals surface area contributed by atoms with Crippen molar-refractivity contribution in [2.24, 2.45) is 0 Å². The van der Waals surface area contributed by atoms with Gasteiger partial charge in [0.05, 0.1) is 0 Å². The van der Waals surface area contributed by atoms with Gasteiger partial charge in [-0.1, -0.05) is 22.0 Å². The Morgan fingerprint density at radius 2 is 2.20 bits per heavy atom. The molecule has 10 heavy (non-hydrogen) atoms. The molecule has 1 aliphatic rings. The lowest BCUT2D eigenvalue weighted by Crippen LogP contribution is -2.12. The first kappa shape index (κ1) is 8.18. The molecule has 1 rings (SSSR count). The standard InChI is InChI=1S/C7H9BrF2/c8-6-2-1-4-7(9,10)5-3-6/h3H,1-2,4-5H2. The monoisotopic (exact) mass is 210 g/mol. The maximum atomic E-state index is 12.6. The van der Waals surface area contributed by atoms with Crippen LogP contribution in [0.3, 0.4) is 0 Å². The van der Waals surface area contributed by atoms with E-state index >= 15 is 0 Å². The van der Waals surface area contributed by atoms with Gasteiger partial charge < -0.3 is 0 Å². The van der Waals surface area contributed by atoms with Crippen molar-refractivity contribution in [1.82, 2.24) is 0 Å². The van der Waals surface area contributed by atoms with Crippen LogP contribution in [0.1, 0.15) is 25.7 Å². The fourth-order valence-corrected chi connectivity index (χ4v) is 1.42. The minimum absolute atomic E-state index is 0.0264. The molecule has 0 atom stereocenters. The van der Waals surface area contributed by atoms with E-state index in [4.69, 9.17) is 0 Å². The molecule has 0 aromatic heterocycles. The van der Waals surface area contributed by atoms with Crippen LogP contribution in [0.15, 0.2) is 10.6 Å². The summed E-state index contributed by atoms with van der Waals surface area (Å²) < 4.78 is 26.1. The van der Waals surface area contributed by atoms with Crippen LogP contribution >= 0.6 is 15.9 Å². The summed E-state index contributed by atoms with van der Waals surface area (Å²) in [5, 5.41) is 0. The van der Waals surface area contributed by atoms with Crippen molar-refractivity contribution in [2.45, 2.75) is 31.6 Å². The molecule has 0 aromatic rings. The first-order chi connectivity index (χ1) is 4.60. The highest BCUT2D eigenvalue weighted by Gasteiger charge is 2.28. The Morgan fingerprint density at radius 3 is 2.90 bits per heavy atom. The summed E-state index contributed by atoms with van der Waals surface area (Å²) in [6, 6.07) is 0. The van der Waals surface area contributed by atoms with Crippen molar-refractivity contribution in [3.63, 3.8) is 0 Å². The summed E-state index contributed by atoms with van der Waals surface area (Å²) in [6.45, 7) is 0. The number of halogens is 3. The maximum Gasteiger partial charge on any atom is 0.251 e. The molecule has 0 spiro atoms. The molecular weight excluding hydrogens is 202 g/mol. The van der Waals surface area contributed by atoms with E-state index in [0.29, 0.717) is 6.42 Å². The highest BCUT2D eigenvalue weighted by molar-refractivity contribution is 9.11. The molecule has 0 radical (unpaired) electrons. The van der Waals surface area contributed by atoms with Gasteiger partial charge in [-0.3, -0.25) is 0 Å². The molecule has 0 bridgehead atoms. The Bertz CT molecular complexity index is 152. The SMILES string of the molecule is FC1(F)CC=C(Br)CCC1. The lowest BCUT2D eigenvalue weighted by Gasteiger charge is -2.10. The van der Waals surface area contributed by atoms with Crippen molar-refractivity contribution in [1.29, 1.82) is 0 Å². The van der Waals surface area contributed by atoms with Gasteiger partial charge in [-0.05, 0) is 17.3 Å². The highest BCUT2D eigenvalue weighted by Crippen LogP contribution is 2.32. The second-order valence-electron chi connectivity index (χ2n) is 2.56. The number of rotatable bonds is 0. The van der Waals surface area contributed by atoms with Gasteiger partial charge in [-0.2, -0.15) is 0 Å². The lowest BCUT2D eigenvalue weighted by atomic mass is 10.1. The van der Waals surface area contributed by atoms with E-state index in [-0.39, 0.29) is 12.8 Å². The van der Waals surface area contributed by atoms with E-state index in [2.05, 4.69) is 15.9 Å². The van der Waals surface area contributed by atoms with E-state index in [0.717, 1.165) is 10.9 Å². The van der Waals surface area contributed by atoms with E-state index in [9.17, 15) is 8.78 Å². The van der Waals surface area contributed by atoms with Crippen molar-refractivity contribution in [3.8, 4) is 0 Å². The van der Waals surface area contributed by atoms with Crippen LogP contribution in [0.4, 0.5) is 8.78 Å². The predicted molar refractivity (Wildman–Crippen MR) is 40.4 cm³/mol. The minimum Gasteiger partial charge on any atom is -0.207 e. The zero-order valence-electron chi connectivity index (χ0n) is 5.54. The largest absolute Gasteiger partial charge is 0.251 e. The summed E-state index contributed by atoms with van der Waals surface area (Å²) in [4.78, 5) is 0. The van der Waals surface area contributed by atoms with E-state index in [1.807, 2.05) is 0 Å². The highest BCUT2D eigenvalue weighted by atomic mass is 79.9. The molecule has 0 aliphatic heterocycles. The van der Waals surface area contributed by atoms with Gasteiger partial charge in [0, 0.05) is 12.8 Å². The van der Waals surface area contributed by atoms with Crippen LogP contribution in [0, 0.1) is 0 Å². The van der Waals surface area contributed by atoms with Gasteiger partial charge >= 0.3 is 0 Å². The van der Waals surface area contributed by atoms with E-state index in [1.165, 1.54) is 0 Å². The Kier molecular flexibility index (Phi) is 2.45. The molecule has 0 N–H and O–H groups in total. The van der Waals surface area contributed by atoms with Crippen molar-refractivity contribution in [3.05, 3.63) is 10.6 Å². The maximum absolute atomic E-state index is 12.6. The van der Waals surface area contributed by atoms with Gasteiger partial charge in [0.1, 0.15) is 0 Å². The number of hydrogen-bond acceptors (Lipinski definition) is 0. The first-order valence-electron chi connectivity index (χ1n) is 3.32. The van der Waals surface area contributed by atoms with Gasteiger partial charge in [-0.15, -0.1) is 0 Å². The lowest BCUT2D eigenvalue weighted by molar-refractivity contribution is -0.00418. The zero-order chi connectivity index (χ0) is 7.61. The number of alkyl halides is 2. The molecule has 0 fully saturated rings. The third-order valence-corrected chi connectivity index (χ3v) is 2.30. The average molecular weight is 211 g/mol. The molecule has 0 unspecified atom stereocenters. The van der Waals surface area contributed by atoms with Crippen LogP contribution in [0.2, 0.25) is 0 Å². The molecule has 0 heterocycles. The Labute approximate surface area is 67.4 Å². The quantitative estimate of drug-likeness (QED) is 0.575. The van der Waals surface area contributed by atoms with E-state index < -0.39 is 5.92 Å². The zero-order valence-corrected chi connectivity index (χ0v) is 7.13. The van der Waals surface area contributed by atoms with Gasteiger partial charge in [0.25, 0.3) is 5.92 Å². The molecule has 0 amide bonds. The van der Waals surface area contributed by atoms with Gasteiger partial charge in [-0.25, -0.2) is 8.78 Å². The van der Waals surface area contributed by atoms with Crippen LogP contribution in [-0.4, -0.2) is 5.92 Å². The minimum atomic E-state index is -2.46. The topological polar surface area (TPSA) is 0 Å². The summed E-state index contributed by atoms with van der Waals surface area (Å²) in [7, 11) is 0. The molecule has 1 aliphatic carbocycles. The first-order valence-corrected chi connectivity index (χ1v) is 4.12. The molecule has 0 saturated heterocycles. The van der Waals surface area contributed by atoms with Crippen LogP contribution in [0.5, 0.6) is 0 Å². The molecule has 3 heteroatoms. The van der Waals surface area contributed by atoms with Crippen LogP contribution in [-0.2, 0) is 0 Å². The second-order valence-corrected chi connectivity index (χ2v) is 3.58. The summed E-state index contributed by atoms with van der Waals surface area (Å²) >= 11 is 3.22. The number of hydrogen-bond donors (Lipinski definition) is 0. The Hall–Kier alpha value is 0.0800. The van der Waals surface area contributed by atoms with Gasteiger partial charge in [0.15, 0.2) is 0 Å². The fourth-order valence-electron chi connectivity index (χ4n) is 0.980. The number of allylic oxidation sites excluding steroid dienone is 2. The van der Waals surface area contributed by atoms with Crippen molar-refractivity contribution < 1.29 is 8.78 Å². The smallest absolute Gasteiger partial charge is 0.207 e. The van der Waals surface area contributed by atoms with E-state index in [1.54, 1.807) is 6.08 Å². The predicted octanol–water partition coefficient (Wildman–Crippen LogP) is 3.47. The third-order valence-electron chi connectivity index (χ3n) is 1.58. The van der Waals surface area contributed by atoms with Crippen LogP contribution in [0.25, 0.3) is 0 Å². The normalized spacial score (nSPS) is 25.3. The molecule has 0 saturated carbocycles. The summed E-state index contributed by atoms with van der Waals surface area (Å²) in [6.07, 6.45) is 2.85. The Balaban J connectivity index is 2.57.